The molecule has 9 heteroatoms. The zero-order valence-corrected chi connectivity index (χ0v) is 30.7. The van der Waals surface area contributed by atoms with Crippen LogP contribution in [0.2, 0.25) is 0 Å². The van der Waals surface area contributed by atoms with E-state index >= 15 is 0 Å². The van der Waals surface area contributed by atoms with Gasteiger partial charge in [0.2, 0.25) is 0 Å². The fourth-order valence-electron chi connectivity index (χ4n) is 4.62. The zero-order valence-electron chi connectivity index (χ0n) is 29.9. The third kappa shape index (κ3) is 36.3. The van der Waals surface area contributed by atoms with E-state index in [0.717, 1.165) is 51.4 Å². The molecule has 0 spiro atoms. The number of rotatable bonds is 32. The minimum Gasteiger partial charge on any atom is -0.462 e. The van der Waals surface area contributed by atoms with E-state index in [1.54, 1.807) is 12.2 Å². The van der Waals surface area contributed by atoms with Crippen LogP contribution in [0.25, 0.3) is 0 Å². The Balaban J connectivity index is 4.18. The number of ether oxygens (including phenoxy) is 2. The highest BCUT2D eigenvalue weighted by Gasteiger charge is 2.22. The van der Waals surface area contributed by atoms with Crippen molar-refractivity contribution in [2.45, 2.75) is 148 Å². The van der Waals surface area contributed by atoms with Crippen molar-refractivity contribution in [3.05, 3.63) is 72.9 Å². The smallest absolute Gasteiger partial charge is 0.462 e. The van der Waals surface area contributed by atoms with E-state index in [2.05, 4.69) is 67.0 Å². The highest BCUT2D eigenvalue weighted by atomic mass is 31.2. The topological polar surface area (TPSA) is 119 Å². The van der Waals surface area contributed by atoms with Crippen molar-refractivity contribution in [2.24, 2.45) is 0 Å². The van der Waals surface area contributed by atoms with Crippen LogP contribution in [0.3, 0.4) is 0 Å². The number of carbonyl (C=O) groups excluding carboxylic acids is 2. The summed E-state index contributed by atoms with van der Waals surface area (Å²) in [5, 5.41) is 0. The summed E-state index contributed by atoms with van der Waals surface area (Å²) in [5.41, 5.74) is 0. The van der Waals surface area contributed by atoms with E-state index < -0.39 is 32.5 Å². The molecule has 0 fully saturated rings. The number of allylic oxidation sites excluding steroid dienone is 11. The van der Waals surface area contributed by atoms with Gasteiger partial charge in [-0.05, 0) is 57.8 Å². The normalized spacial score (nSPS) is 13.3. The molecule has 8 nitrogen and oxygen atoms in total. The summed E-state index contributed by atoms with van der Waals surface area (Å²) in [5.74, 6) is -1.19. The fraction of sp³-hybridized carbons (Fsp3) is 0.641. The maximum absolute atomic E-state index is 12.2. The first kappa shape index (κ1) is 45.5. The summed E-state index contributed by atoms with van der Waals surface area (Å²) in [7, 11) is -4.79. The van der Waals surface area contributed by atoms with Gasteiger partial charge in [-0.2, -0.15) is 0 Å². The molecule has 0 heterocycles. The Morgan fingerprint density at radius 3 is 1.73 bits per heavy atom. The molecule has 0 aromatic heterocycles. The first-order valence-electron chi connectivity index (χ1n) is 18.3. The van der Waals surface area contributed by atoms with E-state index in [1.807, 2.05) is 6.08 Å². The standard InChI is InChI=1S/C39H65O8P/c1-3-5-7-9-11-13-15-17-19-21-23-25-27-29-31-33-38(40)45-35-37(36-46-48(42,43)44)47-39(41)34-32-30-28-26-24-22-20-18-16-14-12-10-8-6-4-2/h5,7,11,13,17,19,23,25,28,30,32,34,37H,3-4,6,8-10,12,14-16,18,20-22,24,26-27,29,31,33,35-36H2,1-2H3,(H2,42,43,44)/b7-5+,13-11+,19-17+,25-23+,30-28+,34-32+/t37-/m1/s1. The number of hydrogen-bond acceptors (Lipinski definition) is 6. The van der Waals surface area contributed by atoms with Gasteiger partial charge in [-0.3, -0.25) is 9.32 Å². The molecular formula is C39H65O8P. The second-order valence-corrected chi connectivity index (χ2v) is 13.1. The first-order chi connectivity index (χ1) is 23.3. The Hall–Kier alpha value is -2.51. The summed E-state index contributed by atoms with van der Waals surface area (Å²) in [6.45, 7) is 3.41. The molecular weight excluding hydrogens is 627 g/mol. The Morgan fingerprint density at radius 2 is 1.15 bits per heavy atom. The highest BCUT2D eigenvalue weighted by Crippen LogP contribution is 2.35. The Kier molecular flexibility index (Phi) is 32.6. The average molecular weight is 693 g/mol. The van der Waals surface area contributed by atoms with Crippen LogP contribution in [0, 0.1) is 0 Å². The minimum atomic E-state index is -4.79. The van der Waals surface area contributed by atoms with Gasteiger partial charge in [-0.15, -0.1) is 0 Å². The molecule has 0 unspecified atom stereocenters. The number of esters is 2. The summed E-state index contributed by atoms with van der Waals surface area (Å²) >= 11 is 0. The van der Waals surface area contributed by atoms with Crippen molar-refractivity contribution in [3.63, 3.8) is 0 Å². The van der Waals surface area contributed by atoms with Crippen LogP contribution >= 0.6 is 7.82 Å². The largest absolute Gasteiger partial charge is 0.469 e. The van der Waals surface area contributed by atoms with Crippen molar-refractivity contribution in [1.29, 1.82) is 0 Å². The number of carbonyl (C=O) groups is 2. The predicted octanol–water partition coefficient (Wildman–Crippen LogP) is 10.7. The molecule has 0 saturated heterocycles. The van der Waals surface area contributed by atoms with Gasteiger partial charge in [0.05, 0.1) is 6.61 Å². The lowest BCUT2D eigenvalue weighted by Gasteiger charge is -2.17. The SMILES string of the molecule is CC/C=C/C/C=C/C/C=C/C/C=C/CCCCC(=O)OC[C@H](COP(=O)(O)O)OC(=O)/C=C/C=C/CCCCCCCCCCCCC. The molecule has 48 heavy (non-hydrogen) atoms. The van der Waals surface area contributed by atoms with Gasteiger partial charge in [-0.25, -0.2) is 9.36 Å². The first-order valence-corrected chi connectivity index (χ1v) is 19.8. The molecule has 1 atom stereocenters. The van der Waals surface area contributed by atoms with Crippen LogP contribution in [0.4, 0.5) is 0 Å². The molecule has 2 N–H and O–H groups in total. The van der Waals surface area contributed by atoms with Crippen LogP contribution in [-0.4, -0.2) is 41.0 Å². The number of unbranched alkanes of at least 4 members (excludes halogenated alkanes) is 13. The van der Waals surface area contributed by atoms with Crippen molar-refractivity contribution in [3.8, 4) is 0 Å². The number of hydrogen-bond donors (Lipinski definition) is 2. The fourth-order valence-corrected chi connectivity index (χ4v) is 4.98. The van der Waals surface area contributed by atoms with E-state index in [9.17, 15) is 14.2 Å². The molecule has 0 saturated carbocycles. The molecule has 0 bridgehead atoms. The van der Waals surface area contributed by atoms with Crippen molar-refractivity contribution in [2.75, 3.05) is 13.2 Å². The quantitative estimate of drug-likeness (QED) is 0.0178. The zero-order chi connectivity index (χ0) is 35.4. The monoisotopic (exact) mass is 692 g/mol. The molecule has 274 valence electrons. The summed E-state index contributed by atoms with van der Waals surface area (Å²) in [4.78, 5) is 42.5. The molecule has 0 aliphatic heterocycles. The minimum absolute atomic E-state index is 0.192. The van der Waals surface area contributed by atoms with E-state index in [-0.39, 0.29) is 13.0 Å². The van der Waals surface area contributed by atoms with Crippen molar-refractivity contribution < 1.29 is 37.9 Å². The lowest BCUT2D eigenvalue weighted by molar-refractivity contribution is -0.157. The summed E-state index contributed by atoms with van der Waals surface area (Å²) in [6, 6.07) is 0. The predicted molar refractivity (Wildman–Crippen MR) is 197 cm³/mol. The van der Waals surface area contributed by atoms with Crippen LogP contribution < -0.4 is 0 Å². The molecule has 0 aromatic rings. The van der Waals surface area contributed by atoms with Crippen molar-refractivity contribution in [1.82, 2.24) is 0 Å². The second-order valence-electron chi connectivity index (χ2n) is 11.9. The second kappa shape index (κ2) is 34.4. The molecule has 0 aliphatic carbocycles. The molecule has 0 rings (SSSR count). The van der Waals surface area contributed by atoms with Gasteiger partial charge in [-0.1, -0.05) is 145 Å². The van der Waals surface area contributed by atoms with Gasteiger partial charge in [0, 0.05) is 12.5 Å². The van der Waals surface area contributed by atoms with E-state index in [1.165, 1.54) is 70.3 Å². The van der Waals surface area contributed by atoms with Crippen molar-refractivity contribution >= 4 is 19.8 Å². The average Bonchev–Trinajstić information content (AvgIpc) is 3.05. The third-order valence-electron chi connectivity index (χ3n) is 7.32. The molecule has 0 aromatic carbocycles. The number of phosphoric ester groups is 1. The van der Waals surface area contributed by atoms with E-state index in [0.29, 0.717) is 6.42 Å². The number of phosphoric acid groups is 1. The maximum Gasteiger partial charge on any atom is 0.469 e. The summed E-state index contributed by atoms with van der Waals surface area (Å²) < 4.78 is 26.0. The molecule has 0 aliphatic rings. The summed E-state index contributed by atoms with van der Waals surface area (Å²) in [6.07, 6.45) is 44.0. The van der Waals surface area contributed by atoms with Gasteiger partial charge >= 0.3 is 19.8 Å². The molecule has 0 radical (unpaired) electrons. The van der Waals surface area contributed by atoms with Crippen LogP contribution in [-0.2, 0) is 28.2 Å². The lowest BCUT2D eigenvalue weighted by Crippen LogP contribution is -2.29. The van der Waals surface area contributed by atoms with E-state index in [4.69, 9.17) is 19.3 Å². The Morgan fingerprint density at radius 1 is 0.625 bits per heavy atom. The van der Waals surface area contributed by atoms with Gasteiger partial charge < -0.3 is 19.3 Å². The highest BCUT2D eigenvalue weighted by molar-refractivity contribution is 7.46. The van der Waals surface area contributed by atoms with Crippen LogP contribution in [0.15, 0.2) is 72.9 Å². The van der Waals surface area contributed by atoms with Gasteiger partial charge in [0.15, 0.2) is 6.10 Å². The van der Waals surface area contributed by atoms with Gasteiger partial charge in [0.1, 0.15) is 6.61 Å². The van der Waals surface area contributed by atoms with Gasteiger partial charge in [0.25, 0.3) is 0 Å². The van der Waals surface area contributed by atoms with Crippen LogP contribution in [0.5, 0.6) is 0 Å². The van der Waals surface area contributed by atoms with Crippen LogP contribution in [0.1, 0.15) is 142 Å². The lowest BCUT2D eigenvalue weighted by atomic mass is 10.1. The third-order valence-corrected chi connectivity index (χ3v) is 7.80. The Labute approximate surface area is 291 Å². The molecule has 0 amide bonds. The Bertz CT molecular complexity index is 1010. The maximum atomic E-state index is 12.2.